The molecule has 0 aliphatic heterocycles. The fraction of sp³-hybridized carbons (Fsp3) is 0.286. The number of H-pyrrole nitrogens is 1. The molecule has 0 radical (unpaired) electrons. The lowest BCUT2D eigenvalue weighted by Crippen LogP contribution is -2.33. The number of rotatable bonds is 5. The quantitative estimate of drug-likeness (QED) is 0.786. The number of hydrogen-bond acceptors (Lipinski definition) is 4. The zero-order chi connectivity index (χ0) is 17.2. The zero-order valence-electron chi connectivity index (χ0n) is 12.4. The molecule has 9 heteroatoms. The van der Waals surface area contributed by atoms with Gasteiger partial charge in [0.15, 0.2) is 0 Å². The predicted molar refractivity (Wildman–Crippen MR) is 78.2 cm³/mol. The molecule has 2 rings (SSSR count). The van der Waals surface area contributed by atoms with Crippen LogP contribution >= 0.6 is 0 Å². The molecule has 1 amide bonds. The molecule has 0 unspecified atom stereocenters. The minimum atomic E-state index is -4.36. The first-order valence-electron chi connectivity index (χ1n) is 6.59. The van der Waals surface area contributed by atoms with Gasteiger partial charge in [-0.15, -0.1) is 0 Å². The number of aromatic amines is 1. The number of ether oxygens (including phenoxy) is 1. The molecule has 0 bridgehead atoms. The van der Waals surface area contributed by atoms with Crippen molar-refractivity contribution in [3.8, 4) is 17.0 Å². The molecule has 0 aliphatic carbocycles. The topological polar surface area (TPSA) is 93.0 Å². The van der Waals surface area contributed by atoms with Crippen molar-refractivity contribution >= 4 is 11.6 Å². The number of amides is 1. The van der Waals surface area contributed by atoms with Gasteiger partial charge in [0.2, 0.25) is 0 Å². The van der Waals surface area contributed by atoms with Crippen LogP contribution < -0.4 is 15.8 Å². The number of nitrogens with zero attached hydrogens (tertiary/aromatic N) is 1. The van der Waals surface area contributed by atoms with Crippen LogP contribution in [-0.4, -0.2) is 35.4 Å². The summed E-state index contributed by atoms with van der Waals surface area (Å²) in [5, 5.41) is 8.77. The van der Waals surface area contributed by atoms with Crippen molar-refractivity contribution in [2.75, 3.05) is 12.4 Å². The Kier molecular flexibility index (Phi) is 4.48. The second-order valence-electron chi connectivity index (χ2n) is 4.85. The van der Waals surface area contributed by atoms with Crippen molar-refractivity contribution in [1.29, 1.82) is 0 Å². The van der Waals surface area contributed by atoms with Gasteiger partial charge in [0.25, 0.3) is 5.91 Å². The van der Waals surface area contributed by atoms with E-state index >= 15 is 0 Å². The number of nitrogens with one attached hydrogen (secondary N) is 2. The summed E-state index contributed by atoms with van der Waals surface area (Å²) >= 11 is 0. The van der Waals surface area contributed by atoms with E-state index in [1.165, 1.54) is 25.3 Å². The number of anilines is 1. The van der Waals surface area contributed by atoms with Gasteiger partial charge in [-0.1, -0.05) is 0 Å². The molecule has 124 valence electrons. The summed E-state index contributed by atoms with van der Waals surface area (Å²) in [6.45, 7) is 1.02. The molecule has 1 aromatic carbocycles. The molecular weight excluding hydrogens is 313 g/mol. The number of hydrogen-bond donors (Lipinski definition) is 3. The van der Waals surface area contributed by atoms with Gasteiger partial charge < -0.3 is 15.8 Å². The third-order valence-electron chi connectivity index (χ3n) is 3.19. The van der Waals surface area contributed by atoms with Gasteiger partial charge in [-0.05, 0) is 25.1 Å². The Balaban J connectivity index is 2.31. The second kappa shape index (κ2) is 6.19. The van der Waals surface area contributed by atoms with Crippen LogP contribution in [0.15, 0.2) is 24.3 Å². The number of nitrogens with two attached hydrogens (primary N) is 1. The van der Waals surface area contributed by atoms with Gasteiger partial charge in [-0.2, -0.15) is 18.3 Å². The first-order valence-corrected chi connectivity index (χ1v) is 6.59. The van der Waals surface area contributed by atoms with Crippen molar-refractivity contribution in [2.24, 2.45) is 5.73 Å². The van der Waals surface area contributed by atoms with E-state index in [1.54, 1.807) is 6.07 Å². The highest BCUT2D eigenvalue weighted by Gasteiger charge is 2.35. The van der Waals surface area contributed by atoms with E-state index in [9.17, 15) is 18.0 Å². The molecule has 1 heterocycles. The maximum absolute atomic E-state index is 12.6. The van der Waals surface area contributed by atoms with Crippen molar-refractivity contribution in [1.82, 2.24) is 10.2 Å². The Morgan fingerprint density at radius 3 is 2.61 bits per heavy atom. The Bertz CT molecular complexity index is 712. The van der Waals surface area contributed by atoms with E-state index in [4.69, 9.17) is 10.5 Å². The Hall–Kier alpha value is -2.71. The van der Waals surface area contributed by atoms with E-state index in [0.717, 1.165) is 6.92 Å². The summed E-state index contributed by atoms with van der Waals surface area (Å²) in [7, 11) is 1.39. The van der Waals surface area contributed by atoms with Crippen LogP contribution in [0.5, 0.6) is 5.75 Å². The SMILES string of the molecule is COc1cc(N[C@H](C)C(F)(F)F)ccc1-c1cc(C(N)=O)[nH]n1. The fourth-order valence-electron chi connectivity index (χ4n) is 1.91. The van der Waals surface area contributed by atoms with E-state index in [-0.39, 0.29) is 11.4 Å². The van der Waals surface area contributed by atoms with Crippen molar-refractivity contribution in [3.05, 3.63) is 30.0 Å². The molecule has 2 aromatic rings. The average Bonchev–Trinajstić information content (AvgIpc) is 2.96. The standard InChI is InChI=1S/C14H15F3N4O2/c1-7(14(15,16)17)19-8-3-4-9(12(5-8)23-2)10-6-11(13(18)22)21-20-10/h3-7,19H,1-2H3,(H2,18,22)(H,20,21)/t7-/m1/s1. The Labute approximate surface area is 129 Å². The number of alkyl halides is 3. The number of halogens is 3. The fourth-order valence-corrected chi connectivity index (χ4v) is 1.91. The summed E-state index contributed by atoms with van der Waals surface area (Å²) in [6.07, 6.45) is -4.36. The molecule has 0 saturated carbocycles. The highest BCUT2D eigenvalue weighted by molar-refractivity contribution is 5.92. The van der Waals surface area contributed by atoms with Crippen LogP contribution in [0.4, 0.5) is 18.9 Å². The summed E-state index contributed by atoms with van der Waals surface area (Å²) in [5.74, 6) is -0.355. The predicted octanol–water partition coefficient (Wildman–Crippen LogP) is 2.55. The van der Waals surface area contributed by atoms with Gasteiger partial charge in [-0.25, -0.2) is 0 Å². The molecule has 0 spiro atoms. The number of carbonyl (C=O) groups is 1. The molecule has 4 N–H and O–H groups in total. The summed E-state index contributed by atoms with van der Waals surface area (Å²) in [5.41, 5.74) is 6.42. The lowest BCUT2D eigenvalue weighted by Gasteiger charge is -2.19. The number of carbonyl (C=O) groups excluding carboxylic acids is 1. The minimum Gasteiger partial charge on any atom is -0.496 e. The molecule has 0 fully saturated rings. The molecular formula is C14H15F3N4O2. The van der Waals surface area contributed by atoms with Crippen molar-refractivity contribution < 1.29 is 22.7 Å². The number of methoxy groups -OCH3 is 1. The summed E-state index contributed by atoms with van der Waals surface area (Å²) < 4.78 is 43.0. The monoisotopic (exact) mass is 328 g/mol. The zero-order valence-corrected chi connectivity index (χ0v) is 12.4. The molecule has 23 heavy (non-hydrogen) atoms. The molecule has 0 aliphatic rings. The highest BCUT2D eigenvalue weighted by Crippen LogP contribution is 2.33. The van der Waals surface area contributed by atoms with E-state index in [2.05, 4.69) is 15.5 Å². The number of primary amides is 1. The van der Waals surface area contributed by atoms with Crippen LogP contribution in [-0.2, 0) is 0 Å². The van der Waals surface area contributed by atoms with Gasteiger partial charge >= 0.3 is 6.18 Å². The summed E-state index contributed by atoms with van der Waals surface area (Å²) in [4.78, 5) is 11.1. The van der Waals surface area contributed by atoms with Crippen LogP contribution in [0.2, 0.25) is 0 Å². The van der Waals surface area contributed by atoms with Gasteiger partial charge in [0.1, 0.15) is 17.5 Å². The van der Waals surface area contributed by atoms with Crippen LogP contribution in [0, 0.1) is 0 Å². The van der Waals surface area contributed by atoms with E-state index < -0.39 is 18.1 Å². The summed E-state index contributed by atoms with van der Waals surface area (Å²) in [6, 6.07) is 4.18. The maximum atomic E-state index is 12.6. The third-order valence-corrected chi connectivity index (χ3v) is 3.19. The molecule has 1 aromatic heterocycles. The van der Waals surface area contributed by atoms with E-state index in [0.29, 0.717) is 17.0 Å². The molecule has 1 atom stereocenters. The normalized spacial score (nSPS) is 12.7. The minimum absolute atomic E-state index is 0.120. The maximum Gasteiger partial charge on any atom is 0.408 e. The smallest absolute Gasteiger partial charge is 0.408 e. The Morgan fingerprint density at radius 2 is 2.09 bits per heavy atom. The van der Waals surface area contributed by atoms with Gasteiger partial charge in [0, 0.05) is 17.3 Å². The molecule has 6 nitrogen and oxygen atoms in total. The Morgan fingerprint density at radius 1 is 1.39 bits per heavy atom. The van der Waals surface area contributed by atoms with Crippen molar-refractivity contribution in [2.45, 2.75) is 19.1 Å². The lowest BCUT2D eigenvalue weighted by atomic mass is 10.1. The molecule has 0 saturated heterocycles. The number of aromatic nitrogens is 2. The van der Waals surface area contributed by atoms with Crippen LogP contribution in [0.1, 0.15) is 17.4 Å². The second-order valence-corrected chi connectivity index (χ2v) is 4.85. The third kappa shape index (κ3) is 3.74. The lowest BCUT2D eigenvalue weighted by molar-refractivity contribution is -0.138. The van der Waals surface area contributed by atoms with E-state index in [1.807, 2.05) is 0 Å². The highest BCUT2D eigenvalue weighted by atomic mass is 19.4. The average molecular weight is 328 g/mol. The first-order chi connectivity index (χ1) is 10.7. The van der Waals surface area contributed by atoms with Gasteiger partial charge in [-0.3, -0.25) is 9.89 Å². The van der Waals surface area contributed by atoms with Crippen LogP contribution in [0.3, 0.4) is 0 Å². The van der Waals surface area contributed by atoms with Crippen molar-refractivity contribution in [3.63, 3.8) is 0 Å². The van der Waals surface area contributed by atoms with Crippen LogP contribution in [0.25, 0.3) is 11.3 Å². The first kappa shape index (κ1) is 16.7. The number of benzene rings is 1. The van der Waals surface area contributed by atoms with Gasteiger partial charge in [0.05, 0.1) is 12.8 Å². The largest absolute Gasteiger partial charge is 0.496 e.